The molecule has 1 aromatic heterocycles. The lowest BCUT2D eigenvalue weighted by molar-refractivity contribution is -0.123. The van der Waals surface area contributed by atoms with Crippen LogP contribution in [-0.2, 0) is 21.2 Å². The Morgan fingerprint density at radius 3 is 2.71 bits per heavy atom. The summed E-state index contributed by atoms with van der Waals surface area (Å²) in [6.45, 7) is 2.90. The van der Waals surface area contributed by atoms with Crippen molar-refractivity contribution in [2.24, 2.45) is 5.92 Å². The minimum atomic E-state index is -3.67. The van der Waals surface area contributed by atoms with Gasteiger partial charge in [-0.15, -0.1) is 11.3 Å². The molecule has 0 N–H and O–H groups in total. The summed E-state index contributed by atoms with van der Waals surface area (Å²) in [4.78, 5) is 16.8. The predicted octanol–water partition coefficient (Wildman–Crippen LogP) is 3.80. The second kappa shape index (κ2) is 9.35. The molecule has 0 bridgehead atoms. The molecule has 28 heavy (non-hydrogen) atoms. The number of carbonyl (C=O) groups excluding carboxylic acids is 1. The van der Waals surface area contributed by atoms with E-state index in [1.54, 1.807) is 23.6 Å². The first-order valence-corrected chi connectivity index (χ1v) is 11.9. The molecular weight excluding hydrogens is 420 g/mol. The molecule has 3 rings (SSSR count). The molecule has 0 amide bonds. The first kappa shape index (κ1) is 21.2. The van der Waals surface area contributed by atoms with Crippen LogP contribution >= 0.6 is 22.9 Å². The number of aromatic nitrogens is 1. The number of rotatable bonds is 8. The molecule has 2 aromatic rings. The van der Waals surface area contributed by atoms with E-state index in [-0.39, 0.29) is 16.6 Å². The van der Waals surface area contributed by atoms with Gasteiger partial charge >= 0.3 is 0 Å². The number of Topliss-reactive ketones (excluding diaryl/α,β-unsaturated/α-hetero) is 1. The summed E-state index contributed by atoms with van der Waals surface area (Å²) in [7, 11) is -3.67. The highest BCUT2D eigenvalue weighted by molar-refractivity contribution is 7.89. The van der Waals surface area contributed by atoms with Crippen molar-refractivity contribution in [1.82, 2.24) is 9.29 Å². The zero-order chi connectivity index (χ0) is 20.1. The van der Waals surface area contributed by atoms with Crippen LogP contribution < -0.4 is 4.74 Å². The van der Waals surface area contributed by atoms with Crippen molar-refractivity contribution in [3.8, 4) is 5.75 Å². The molecule has 6 nitrogen and oxygen atoms in total. The van der Waals surface area contributed by atoms with Gasteiger partial charge in [0.05, 0.1) is 16.5 Å². The highest BCUT2D eigenvalue weighted by atomic mass is 35.5. The Hall–Kier alpha value is -1.48. The first-order chi connectivity index (χ1) is 13.4. The molecule has 1 saturated heterocycles. The van der Waals surface area contributed by atoms with E-state index < -0.39 is 10.0 Å². The minimum Gasteiger partial charge on any atom is -0.494 e. The third kappa shape index (κ3) is 5.11. The third-order valence-electron chi connectivity index (χ3n) is 4.77. The van der Waals surface area contributed by atoms with E-state index in [1.165, 1.54) is 16.4 Å². The SMILES string of the molecule is CCOc1cc(Cl)cc(S(=O)(=O)N2CCC(C(=O)CCc3nccs3)CC2)c1. The molecule has 1 aromatic carbocycles. The Morgan fingerprint density at radius 2 is 2.07 bits per heavy atom. The van der Waals surface area contributed by atoms with Gasteiger partial charge in [-0.1, -0.05) is 11.6 Å². The molecule has 0 spiro atoms. The van der Waals surface area contributed by atoms with Crippen LogP contribution in [0.5, 0.6) is 5.75 Å². The molecule has 0 saturated carbocycles. The molecular formula is C19H23ClN2O4S2. The second-order valence-electron chi connectivity index (χ2n) is 6.63. The van der Waals surface area contributed by atoms with Gasteiger partial charge in [-0.3, -0.25) is 4.79 Å². The fourth-order valence-corrected chi connectivity index (χ4v) is 5.75. The second-order valence-corrected chi connectivity index (χ2v) is 9.98. The maximum absolute atomic E-state index is 13.0. The zero-order valence-electron chi connectivity index (χ0n) is 15.6. The quantitative estimate of drug-likeness (QED) is 0.621. The lowest BCUT2D eigenvalue weighted by atomic mass is 9.91. The number of aryl methyl sites for hydroxylation is 1. The van der Waals surface area contributed by atoms with Gasteiger partial charge in [0.2, 0.25) is 10.0 Å². The zero-order valence-corrected chi connectivity index (χ0v) is 18.0. The van der Waals surface area contributed by atoms with Crippen LogP contribution in [0.1, 0.15) is 31.2 Å². The Bertz CT molecular complexity index is 908. The Morgan fingerprint density at radius 1 is 1.32 bits per heavy atom. The molecule has 1 fully saturated rings. The van der Waals surface area contributed by atoms with Gasteiger partial charge < -0.3 is 4.74 Å². The monoisotopic (exact) mass is 442 g/mol. The van der Waals surface area contributed by atoms with E-state index >= 15 is 0 Å². The minimum absolute atomic E-state index is 0.0928. The van der Waals surface area contributed by atoms with E-state index in [2.05, 4.69) is 4.98 Å². The number of ketones is 1. The van der Waals surface area contributed by atoms with Gasteiger partial charge in [0.25, 0.3) is 0 Å². The molecule has 2 heterocycles. The Kier molecular flexibility index (Phi) is 7.09. The topological polar surface area (TPSA) is 76.6 Å². The van der Waals surface area contributed by atoms with Gasteiger partial charge in [0, 0.05) is 54.5 Å². The van der Waals surface area contributed by atoms with Crippen LogP contribution in [0.4, 0.5) is 0 Å². The summed E-state index contributed by atoms with van der Waals surface area (Å²) in [6, 6.07) is 4.53. The number of nitrogens with zero attached hydrogens (tertiary/aromatic N) is 2. The first-order valence-electron chi connectivity index (χ1n) is 9.24. The molecule has 0 atom stereocenters. The summed E-state index contributed by atoms with van der Waals surface area (Å²) in [5.41, 5.74) is 0. The number of piperidine rings is 1. The normalized spacial score (nSPS) is 16.2. The van der Waals surface area contributed by atoms with Gasteiger partial charge in [0.1, 0.15) is 11.5 Å². The number of hydrogen-bond donors (Lipinski definition) is 0. The number of benzene rings is 1. The van der Waals surface area contributed by atoms with E-state index in [0.717, 1.165) is 5.01 Å². The van der Waals surface area contributed by atoms with Crippen LogP contribution in [-0.4, -0.2) is 43.2 Å². The average Bonchev–Trinajstić information content (AvgIpc) is 3.19. The standard InChI is InChI=1S/C19H23ClN2O4S2/c1-2-26-16-11-15(20)12-17(13-16)28(24,25)22-8-5-14(6-9-22)18(23)3-4-19-21-7-10-27-19/h7,10-14H,2-6,8-9H2,1H3. The number of ether oxygens (including phenoxy) is 1. The van der Waals surface area contributed by atoms with E-state index in [9.17, 15) is 13.2 Å². The largest absolute Gasteiger partial charge is 0.494 e. The van der Waals surface area contributed by atoms with Crippen LogP contribution in [0.2, 0.25) is 5.02 Å². The predicted molar refractivity (Wildman–Crippen MR) is 110 cm³/mol. The van der Waals surface area contributed by atoms with E-state index in [4.69, 9.17) is 16.3 Å². The van der Waals surface area contributed by atoms with Crippen molar-refractivity contribution in [1.29, 1.82) is 0 Å². The molecule has 0 aliphatic carbocycles. The molecule has 0 radical (unpaired) electrons. The van der Waals surface area contributed by atoms with Crippen molar-refractivity contribution in [2.75, 3.05) is 19.7 Å². The highest BCUT2D eigenvalue weighted by Crippen LogP contribution is 2.29. The maximum atomic E-state index is 13.0. The summed E-state index contributed by atoms with van der Waals surface area (Å²) in [5, 5.41) is 3.17. The number of carbonyl (C=O) groups is 1. The number of thiazole rings is 1. The number of halogens is 1. The Labute approximate surface area is 174 Å². The number of sulfonamides is 1. The Balaban J connectivity index is 1.61. The van der Waals surface area contributed by atoms with Crippen LogP contribution in [0.15, 0.2) is 34.7 Å². The smallest absolute Gasteiger partial charge is 0.243 e. The summed E-state index contributed by atoms with van der Waals surface area (Å²) in [6.07, 6.45) is 3.92. The molecule has 1 aliphatic rings. The van der Waals surface area contributed by atoms with Crippen molar-refractivity contribution in [2.45, 2.75) is 37.5 Å². The molecule has 9 heteroatoms. The van der Waals surface area contributed by atoms with Crippen molar-refractivity contribution in [3.05, 3.63) is 39.8 Å². The lowest BCUT2D eigenvalue weighted by Gasteiger charge is -2.30. The number of hydrogen-bond acceptors (Lipinski definition) is 6. The highest BCUT2D eigenvalue weighted by Gasteiger charge is 2.32. The summed E-state index contributed by atoms with van der Waals surface area (Å²) < 4.78 is 32.8. The van der Waals surface area contributed by atoms with Crippen molar-refractivity contribution >= 4 is 38.7 Å². The van der Waals surface area contributed by atoms with Crippen molar-refractivity contribution in [3.63, 3.8) is 0 Å². The lowest BCUT2D eigenvalue weighted by Crippen LogP contribution is -2.40. The maximum Gasteiger partial charge on any atom is 0.243 e. The van der Waals surface area contributed by atoms with E-state index in [1.807, 2.05) is 12.3 Å². The fraction of sp³-hybridized carbons (Fsp3) is 0.474. The molecule has 152 valence electrons. The van der Waals surface area contributed by atoms with Gasteiger partial charge in [-0.05, 0) is 31.9 Å². The van der Waals surface area contributed by atoms with Gasteiger partial charge in [-0.2, -0.15) is 4.31 Å². The third-order valence-corrected chi connectivity index (χ3v) is 7.71. The van der Waals surface area contributed by atoms with E-state index in [0.29, 0.717) is 56.2 Å². The summed E-state index contributed by atoms with van der Waals surface area (Å²) >= 11 is 7.61. The summed E-state index contributed by atoms with van der Waals surface area (Å²) in [5.74, 6) is 0.527. The van der Waals surface area contributed by atoms with Crippen LogP contribution in [0.3, 0.4) is 0 Å². The van der Waals surface area contributed by atoms with Crippen molar-refractivity contribution < 1.29 is 17.9 Å². The fourth-order valence-electron chi connectivity index (χ4n) is 3.31. The average molecular weight is 443 g/mol. The molecule has 0 unspecified atom stereocenters. The molecule has 1 aliphatic heterocycles. The van der Waals surface area contributed by atoms with Crippen LogP contribution in [0, 0.1) is 5.92 Å². The van der Waals surface area contributed by atoms with Gasteiger partial charge in [-0.25, -0.2) is 13.4 Å². The van der Waals surface area contributed by atoms with Crippen LogP contribution in [0.25, 0.3) is 0 Å². The van der Waals surface area contributed by atoms with Gasteiger partial charge in [0.15, 0.2) is 0 Å².